The second kappa shape index (κ2) is 5.37. The molecule has 0 amide bonds. The van der Waals surface area contributed by atoms with Crippen molar-refractivity contribution in [3.8, 4) is 11.8 Å². The van der Waals surface area contributed by atoms with Crippen LogP contribution in [0, 0.1) is 11.8 Å². The van der Waals surface area contributed by atoms with Crippen LogP contribution in [0.5, 0.6) is 0 Å². The highest BCUT2D eigenvalue weighted by atomic mass is 16.5. The Morgan fingerprint density at radius 2 is 2.53 bits per heavy atom. The van der Waals surface area contributed by atoms with Crippen molar-refractivity contribution in [1.82, 2.24) is 0 Å². The second-order valence-electron chi connectivity index (χ2n) is 2.35. The quantitative estimate of drug-likeness (QED) is 0.242. The topological polar surface area (TPSA) is 88.2 Å². The fraction of sp³-hybridized carbons (Fsp3) is 0.222. The zero-order chi connectivity index (χ0) is 11.1. The highest BCUT2D eigenvalue weighted by molar-refractivity contribution is 5.86. The lowest BCUT2D eigenvalue weighted by atomic mass is 10.4. The highest BCUT2D eigenvalue weighted by Crippen LogP contribution is 2.07. The molecule has 0 spiro atoms. The molecule has 0 aliphatic carbocycles. The zero-order valence-electron chi connectivity index (χ0n) is 7.93. The first-order valence-corrected chi connectivity index (χ1v) is 3.96. The Balaban J connectivity index is 2.70. The molecular weight excluding hydrogens is 198 g/mol. The van der Waals surface area contributed by atoms with Crippen molar-refractivity contribution in [2.24, 2.45) is 5.11 Å². The van der Waals surface area contributed by atoms with Gasteiger partial charge in [-0.3, -0.25) is 0 Å². The van der Waals surface area contributed by atoms with Crippen LogP contribution in [-0.2, 0) is 4.74 Å². The minimum atomic E-state index is -0.557. The molecule has 0 atom stereocenters. The standard InChI is InChI=1S/C9H7N3O3/c1-14-9(13)8-5-4-7(15-8)3-2-6-11-12-10/h4-5H,6H2,1H3. The molecule has 15 heavy (non-hydrogen) atoms. The Morgan fingerprint density at radius 3 is 3.20 bits per heavy atom. The predicted octanol–water partition coefficient (Wildman–Crippen LogP) is 1.73. The van der Waals surface area contributed by atoms with Gasteiger partial charge in [0.2, 0.25) is 5.76 Å². The van der Waals surface area contributed by atoms with E-state index in [1.165, 1.54) is 19.2 Å². The summed E-state index contributed by atoms with van der Waals surface area (Å²) in [5.41, 5.74) is 7.98. The number of methoxy groups -OCH3 is 1. The van der Waals surface area contributed by atoms with E-state index in [1.807, 2.05) is 0 Å². The molecule has 1 aromatic heterocycles. The van der Waals surface area contributed by atoms with Crippen molar-refractivity contribution >= 4 is 5.97 Å². The zero-order valence-corrected chi connectivity index (χ0v) is 7.93. The maximum atomic E-state index is 11.0. The summed E-state index contributed by atoms with van der Waals surface area (Å²) in [7, 11) is 1.26. The fourth-order valence-electron chi connectivity index (χ4n) is 0.809. The Kier molecular flexibility index (Phi) is 3.83. The van der Waals surface area contributed by atoms with E-state index in [-0.39, 0.29) is 12.3 Å². The molecule has 0 N–H and O–H groups in total. The van der Waals surface area contributed by atoms with Gasteiger partial charge in [-0.15, -0.1) is 0 Å². The summed E-state index contributed by atoms with van der Waals surface area (Å²) in [6, 6.07) is 3.00. The second-order valence-corrected chi connectivity index (χ2v) is 2.35. The lowest BCUT2D eigenvalue weighted by Gasteiger charge is -1.90. The first-order valence-electron chi connectivity index (χ1n) is 3.96. The third-order valence-corrected chi connectivity index (χ3v) is 1.42. The van der Waals surface area contributed by atoms with Crippen LogP contribution in [0.15, 0.2) is 21.7 Å². The number of rotatable bonds is 2. The van der Waals surface area contributed by atoms with Gasteiger partial charge >= 0.3 is 5.97 Å². The first-order chi connectivity index (χ1) is 7.27. The molecule has 6 heteroatoms. The van der Waals surface area contributed by atoms with E-state index in [9.17, 15) is 4.79 Å². The van der Waals surface area contributed by atoms with Crippen LogP contribution in [0.4, 0.5) is 0 Å². The number of hydrogen-bond donors (Lipinski definition) is 0. The number of ether oxygens (including phenoxy) is 1. The van der Waals surface area contributed by atoms with E-state index >= 15 is 0 Å². The van der Waals surface area contributed by atoms with E-state index in [1.54, 1.807) is 0 Å². The third kappa shape index (κ3) is 3.10. The summed E-state index contributed by atoms with van der Waals surface area (Å²) in [5.74, 6) is 5.00. The Bertz CT molecular complexity index is 460. The summed E-state index contributed by atoms with van der Waals surface area (Å²) in [6.45, 7) is 0.0603. The highest BCUT2D eigenvalue weighted by Gasteiger charge is 2.09. The molecular formula is C9H7N3O3. The summed E-state index contributed by atoms with van der Waals surface area (Å²) in [6.07, 6.45) is 0. The average molecular weight is 205 g/mol. The largest absolute Gasteiger partial charge is 0.463 e. The molecule has 0 fully saturated rings. The number of esters is 1. The molecule has 0 unspecified atom stereocenters. The van der Waals surface area contributed by atoms with E-state index in [0.29, 0.717) is 5.76 Å². The maximum absolute atomic E-state index is 11.0. The van der Waals surface area contributed by atoms with Crippen LogP contribution in [0.25, 0.3) is 10.4 Å². The van der Waals surface area contributed by atoms with E-state index in [4.69, 9.17) is 9.95 Å². The van der Waals surface area contributed by atoms with Gasteiger partial charge in [-0.25, -0.2) is 4.79 Å². The van der Waals surface area contributed by atoms with Crippen LogP contribution in [0.2, 0.25) is 0 Å². The van der Waals surface area contributed by atoms with Gasteiger partial charge in [0.1, 0.15) is 0 Å². The van der Waals surface area contributed by atoms with Gasteiger partial charge in [-0.05, 0) is 23.6 Å². The molecule has 0 bridgehead atoms. The SMILES string of the molecule is COC(=O)c1ccc(C#CCN=[N+]=[N-])o1. The Labute approximate surface area is 85.5 Å². The first kappa shape index (κ1) is 10.7. The summed E-state index contributed by atoms with van der Waals surface area (Å²) in [5, 5.41) is 3.22. The molecule has 0 saturated heterocycles. The fourth-order valence-corrected chi connectivity index (χ4v) is 0.809. The van der Waals surface area contributed by atoms with E-state index < -0.39 is 5.97 Å². The number of hydrogen-bond acceptors (Lipinski definition) is 4. The smallest absolute Gasteiger partial charge is 0.374 e. The number of carbonyl (C=O) groups is 1. The van der Waals surface area contributed by atoms with Gasteiger partial charge in [-0.2, -0.15) is 0 Å². The van der Waals surface area contributed by atoms with Gasteiger partial charge in [0.05, 0.1) is 13.7 Å². The maximum Gasteiger partial charge on any atom is 0.374 e. The molecule has 0 aromatic carbocycles. The van der Waals surface area contributed by atoms with Crippen LogP contribution >= 0.6 is 0 Å². The van der Waals surface area contributed by atoms with E-state index in [0.717, 1.165) is 0 Å². The molecule has 76 valence electrons. The normalized spacial score (nSPS) is 8.33. The molecule has 0 aliphatic heterocycles. The number of carbonyl (C=O) groups excluding carboxylic acids is 1. The van der Waals surface area contributed by atoms with Gasteiger partial charge < -0.3 is 9.15 Å². The summed E-state index contributed by atoms with van der Waals surface area (Å²) < 4.78 is 9.48. The molecule has 1 heterocycles. The molecule has 6 nitrogen and oxygen atoms in total. The molecule has 0 radical (unpaired) electrons. The van der Waals surface area contributed by atoms with Gasteiger partial charge in [0.15, 0.2) is 5.76 Å². The molecule has 0 aliphatic rings. The molecule has 1 aromatic rings. The van der Waals surface area contributed by atoms with Crippen molar-refractivity contribution in [3.05, 3.63) is 34.1 Å². The van der Waals surface area contributed by atoms with Gasteiger partial charge in [-0.1, -0.05) is 11.0 Å². The van der Waals surface area contributed by atoms with Crippen LogP contribution in [-0.4, -0.2) is 19.6 Å². The number of azide groups is 1. The predicted molar refractivity (Wildman–Crippen MR) is 50.9 cm³/mol. The summed E-state index contributed by atoms with van der Waals surface area (Å²) in [4.78, 5) is 13.5. The van der Waals surface area contributed by atoms with Crippen molar-refractivity contribution < 1.29 is 13.9 Å². The average Bonchev–Trinajstić information content (AvgIpc) is 2.72. The minimum absolute atomic E-state index is 0.0603. The van der Waals surface area contributed by atoms with Crippen molar-refractivity contribution in [2.45, 2.75) is 0 Å². The monoisotopic (exact) mass is 205 g/mol. The summed E-state index contributed by atoms with van der Waals surface area (Å²) >= 11 is 0. The Morgan fingerprint density at radius 1 is 1.73 bits per heavy atom. The molecule has 1 rings (SSSR count). The molecule has 0 saturated carbocycles. The van der Waals surface area contributed by atoms with Crippen LogP contribution < -0.4 is 0 Å². The third-order valence-electron chi connectivity index (χ3n) is 1.42. The van der Waals surface area contributed by atoms with Crippen molar-refractivity contribution in [1.29, 1.82) is 0 Å². The lowest BCUT2D eigenvalue weighted by Crippen LogP contribution is -1.98. The van der Waals surface area contributed by atoms with Gasteiger partial charge in [0, 0.05) is 4.91 Å². The van der Waals surface area contributed by atoms with Crippen molar-refractivity contribution in [2.75, 3.05) is 13.7 Å². The number of nitrogens with zero attached hydrogens (tertiary/aromatic N) is 3. The minimum Gasteiger partial charge on any atom is -0.463 e. The Hall–Kier alpha value is -2.38. The van der Waals surface area contributed by atoms with Crippen LogP contribution in [0.3, 0.4) is 0 Å². The van der Waals surface area contributed by atoms with Crippen LogP contribution in [0.1, 0.15) is 16.3 Å². The number of furan rings is 1. The lowest BCUT2D eigenvalue weighted by molar-refractivity contribution is 0.0564. The van der Waals surface area contributed by atoms with Gasteiger partial charge in [0.25, 0.3) is 0 Å². The van der Waals surface area contributed by atoms with E-state index in [2.05, 4.69) is 26.6 Å². The van der Waals surface area contributed by atoms with Crippen molar-refractivity contribution in [3.63, 3.8) is 0 Å².